The maximum atomic E-state index is 6.27. The summed E-state index contributed by atoms with van der Waals surface area (Å²) >= 11 is 0. The number of hydrogen-bond donors (Lipinski definition) is 0. The third-order valence-corrected chi connectivity index (χ3v) is 6.29. The molecule has 2 heterocycles. The molecule has 0 unspecified atom stereocenters. The fourth-order valence-electron chi connectivity index (χ4n) is 4.49. The summed E-state index contributed by atoms with van der Waals surface area (Å²) in [5.74, 6) is 3.41. The largest absolute Gasteiger partial charge is 0.493 e. The van der Waals surface area contributed by atoms with Gasteiger partial charge in [0.1, 0.15) is 5.75 Å². The molecule has 5 heteroatoms. The molecule has 0 bridgehead atoms. The highest BCUT2D eigenvalue weighted by Crippen LogP contribution is 2.37. The van der Waals surface area contributed by atoms with Gasteiger partial charge in [0.05, 0.1) is 6.61 Å². The van der Waals surface area contributed by atoms with Crippen LogP contribution in [0.5, 0.6) is 17.2 Å². The first-order valence-corrected chi connectivity index (χ1v) is 11.2. The van der Waals surface area contributed by atoms with Gasteiger partial charge in [-0.2, -0.15) is 0 Å². The number of anilines is 1. The summed E-state index contributed by atoms with van der Waals surface area (Å²) < 4.78 is 17.2. The highest BCUT2D eigenvalue weighted by atomic mass is 16.7. The lowest BCUT2D eigenvalue weighted by atomic mass is 9.80. The Balaban J connectivity index is 1.46. The van der Waals surface area contributed by atoms with E-state index in [4.69, 9.17) is 14.2 Å². The summed E-state index contributed by atoms with van der Waals surface area (Å²) in [6.07, 6.45) is 3.68. The summed E-state index contributed by atoms with van der Waals surface area (Å²) in [6, 6.07) is 14.9. The number of ether oxygens (including phenoxy) is 3. The molecule has 0 spiro atoms. The van der Waals surface area contributed by atoms with Crippen molar-refractivity contribution in [3.8, 4) is 17.2 Å². The van der Waals surface area contributed by atoms with Gasteiger partial charge in [-0.3, -0.25) is 0 Å². The molecule has 1 saturated heterocycles. The smallest absolute Gasteiger partial charge is 0.231 e. The number of benzene rings is 2. The van der Waals surface area contributed by atoms with Gasteiger partial charge >= 0.3 is 0 Å². The van der Waals surface area contributed by atoms with Crippen molar-refractivity contribution < 1.29 is 14.2 Å². The molecule has 2 aliphatic rings. The Kier molecular flexibility index (Phi) is 6.68. The second-order valence-electron chi connectivity index (χ2n) is 8.62. The molecule has 0 aliphatic carbocycles. The number of likely N-dealkylation sites (tertiary alicyclic amines) is 1. The Labute approximate surface area is 180 Å². The van der Waals surface area contributed by atoms with E-state index in [9.17, 15) is 0 Å². The molecule has 1 fully saturated rings. The second-order valence-corrected chi connectivity index (χ2v) is 8.62. The van der Waals surface area contributed by atoms with Crippen LogP contribution in [0.25, 0.3) is 0 Å². The SMILES string of the molecule is CCCCN1CC[C@@H](c2ccc(N(C)C)cc2)[C@H](COc2ccc3c(c2)OCO3)C1. The number of rotatable bonds is 8. The third-order valence-electron chi connectivity index (χ3n) is 6.29. The van der Waals surface area contributed by atoms with Crippen molar-refractivity contribution in [2.75, 3.05) is 52.0 Å². The van der Waals surface area contributed by atoms with Crippen LogP contribution in [0, 0.1) is 5.92 Å². The predicted molar refractivity (Wildman–Crippen MR) is 121 cm³/mol. The van der Waals surface area contributed by atoms with Crippen molar-refractivity contribution >= 4 is 5.69 Å². The van der Waals surface area contributed by atoms with E-state index < -0.39 is 0 Å². The van der Waals surface area contributed by atoms with Crippen LogP contribution in [0.3, 0.4) is 0 Å². The summed E-state index contributed by atoms with van der Waals surface area (Å²) in [6.45, 7) is 6.70. The van der Waals surface area contributed by atoms with Gasteiger partial charge in [0.25, 0.3) is 0 Å². The molecule has 30 heavy (non-hydrogen) atoms. The fraction of sp³-hybridized carbons (Fsp3) is 0.520. The molecule has 2 aliphatic heterocycles. The van der Waals surface area contributed by atoms with Crippen LogP contribution >= 0.6 is 0 Å². The standard InChI is InChI=1S/C25H34N2O3/c1-4-5-13-27-14-12-23(19-6-8-21(9-7-19)26(2)3)20(16-27)17-28-22-10-11-24-25(15-22)30-18-29-24/h6-11,15,20,23H,4-5,12-14,16-18H2,1-3H3/t20-,23-/m0/s1. The third kappa shape index (κ3) is 4.84. The zero-order valence-corrected chi connectivity index (χ0v) is 18.5. The van der Waals surface area contributed by atoms with E-state index in [1.165, 1.54) is 43.6 Å². The molecule has 0 radical (unpaired) electrons. The van der Waals surface area contributed by atoms with Crippen molar-refractivity contribution in [2.45, 2.75) is 32.1 Å². The minimum atomic E-state index is 0.290. The quantitative estimate of drug-likeness (QED) is 0.626. The van der Waals surface area contributed by atoms with E-state index in [2.05, 4.69) is 55.1 Å². The van der Waals surface area contributed by atoms with Gasteiger partial charge in [-0.25, -0.2) is 0 Å². The van der Waals surface area contributed by atoms with Crippen molar-refractivity contribution in [3.63, 3.8) is 0 Å². The predicted octanol–water partition coefficient (Wildman–Crippen LogP) is 4.77. The molecule has 2 aromatic rings. The zero-order valence-electron chi connectivity index (χ0n) is 18.5. The second kappa shape index (κ2) is 9.61. The van der Waals surface area contributed by atoms with E-state index in [1.807, 2.05) is 18.2 Å². The Bertz CT molecular complexity index is 822. The Hall–Kier alpha value is -2.40. The maximum Gasteiger partial charge on any atom is 0.231 e. The van der Waals surface area contributed by atoms with Crippen LogP contribution in [-0.2, 0) is 0 Å². The molecule has 0 N–H and O–H groups in total. The van der Waals surface area contributed by atoms with Crippen molar-refractivity contribution in [1.29, 1.82) is 0 Å². The lowest BCUT2D eigenvalue weighted by Gasteiger charge is -2.39. The molecular formula is C25H34N2O3. The molecule has 162 valence electrons. The highest BCUT2D eigenvalue weighted by molar-refractivity contribution is 5.47. The number of nitrogens with zero attached hydrogens (tertiary/aromatic N) is 2. The van der Waals surface area contributed by atoms with Gasteiger partial charge in [-0.05, 0) is 61.7 Å². The number of piperidine rings is 1. The first kappa shape index (κ1) is 20.9. The van der Waals surface area contributed by atoms with Crippen molar-refractivity contribution in [1.82, 2.24) is 4.90 Å². The summed E-state index contributed by atoms with van der Waals surface area (Å²) in [5, 5.41) is 0. The topological polar surface area (TPSA) is 34.2 Å². The summed E-state index contributed by atoms with van der Waals surface area (Å²) in [4.78, 5) is 4.76. The van der Waals surface area contributed by atoms with Crippen LogP contribution in [0.15, 0.2) is 42.5 Å². The fourth-order valence-corrected chi connectivity index (χ4v) is 4.49. The highest BCUT2D eigenvalue weighted by Gasteiger charge is 2.31. The molecule has 4 rings (SSSR count). The van der Waals surface area contributed by atoms with Gasteiger partial charge in [0.15, 0.2) is 11.5 Å². The van der Waals surface area contributed by atoms with E-state index >= 15 is 0 Å². The summed E-state index contributed by atoms with van der Waals surface area (Å²) in [7, 11) is 4.17. The van der Waals surface area contributed by atoms with Crippen LogP contribution in [0.1, 0.15) is 37.7 Å². The molecular weight excluding hydrogens is 376 g/mol. The van der Waals surface area contributed by atoms with Crippen molar-refractivity contribution in [3.05, 3.63) is 48.0 Å². The molecule has 2 atom stereocenters. The monoisotopic (exact) mass is 410 g/mol. The molecule has 0 aromatic heterocycles. The normalized spacial score (nSPS) is 20.9. The first-order valence-electron chi connectivity index (χ1n) is 11.2. The Morgan fingerprint density at radius 3 is 2.63 bits per heavy atom. The number of unbranched alkanes of at least 4 members (excludes halogenated alkanes) is 1. The first-order chi connectivity index (χ1) is 14.6. The van der Waals surface area contributed by atoms with Crippen LogP contribution in [0.4, 0.5) is 5.69 Å². The average Bonchev–Trinajstić information content (AvgIpc) is 3.24. The molecule has 0 amide bonds. The van der Waals surface area contributed by atoms with Crippen LogP contribution in [-0.4, -0.2) is 52.0 Å². The van der Waals surface area contributed by atoms with Gasteiger partial charge in [0.2, 0.25) is 6.79 Å². The molecule has 5 nitrogen and oxygen atoms in total. The molecule has 2 aromatic carbocycles. The van der Waals surface area contributed by atoms with Crippen molar-refractivity contribution in [2.24, 2.45) is 5.92 Å². The van der Waals surface area contributed by atoms with Gasteiger partial charge in [-0.15, -0.1) is 0 Å². The van der Waals surface area contributed by atoms with E-state index in [-0.39, 0.29) is 0 Å². The maximum absolute atomic E-state index is 6.27. The van der Waals surface area contributed by atoms with Gasteiger partial charge < -0.3 is 24.0 Å². The number of hydrogen-bond acceptors (Lipinski definition) is 5. The Morgan fingerprint density at radius 1 is 1.07 bits per heavy atom. The number of fused-ring (bicyclic) bond motifs is 1. The van der Waals surface area contributed by atoms with E-state index in [0.717, 1.165) is 23.8 Å². The van der Waals surface area contributed by atoms with Crippen LogP contribution in [0.2, 0.25) is 0 Å². The Morgan fingerprint density at radius 2 is 1.87 bits per heavy atom. The van der Waals surface area contributed by atoms with Crippen LogP contribution < -0.4 is 19.1 Å². The van der Waals surface area contributed by atoms with Gasteiger partial charge in [0, 0.05) is 38.3 Å². The lowest BCUT2D eigenvalue weighted by Crippen LogP contribution is -2.42. The van der Waals surface area contributed by atoms with Gasteiger partial charge in [-0.1, -0.05) is 25.5 Å². The zero-order chi connectivity index (χ0) is 20.9. The average molecular weight is 411 g/mol. The summed E-state index contributed by atoms with van der Waals surface area (Å²) in [5.41, 5.74) is 2.67. The molecule has 0 saturated carbocycles. The van der Waals surface area contributed by atoms with E-state index in [0.29, 0.717) is 25.2 Å². The minimum Gasteiger partial charge on any atom is -0.493 e. The minimum absolute atomic E-state index is 0.290. The lowest BCUT2D eigenvalue weighted by molar-refractivity contribution is 0.110. The van der Waals surface area contributed by atoms with E-state index in [1.54, 1.807) is 0 Å².